The van der Waals surface area contributed by atoms with Gasteiger partial charge >= 0.3 is 12.0 Å². The molecule has 0 spiro atoms. The molecule has 13 heteroatoms. The van der Waals surface area contributed by atoms with Gasteiger partial charge in [-0.25, -0.2) is 13.8 Å². The number of aromatic nitrogens is 2. The number of amides is 1. The van der Waals surface area contributed by atoms with Crippen LogP contribution < -0.4 is 19.7 Å². The van der Waals surface area contributed by atoms with Gasteiger partial charge in [0.2, 0.25) is 5.69 Å². The number of aromatic amines is 1. The molecule has 1 saturated carbocycles. The van der Waals surface area contributed by atoms with E-state index < -0.39 is 18.1 Å². The van der Waals surface area contributed by atoms with Crippen LogP contribution in [0.1, 0.15) is 54.8 Å². The molecule has 0 unspecified atom stereocenters. The second kappa shape index (κ2) is 11.1. The van der Waals surface area contributed by atoms with Crippen LogP contribution >= 0.6 is 0 Å². The number of likely N-dealkylation sites (tertiary alicyclic amines) is 1. The third kappa shape index (κ3) is 6.90. The van der Waals surface area contributed by atoms with E-state index in [1.54, 1.807) is 0 Å². The summed E-state index contributed by atoms with van der Waals surface area (Å²) in [4.78, 5) is 26.0. The lowest BCUT2D eigenvalue weighted by Crippen LogP contribution is -3.12. The van der Waals surface area contributed by atoms with Crippen LogP contribution in [0.5, 0.6) is 0 Å². The quantitative estimate of drug-likeness (QED) is 0.320. The Kier molecular flexibility index (Phi) is 8.55. The number of nitrogens with one attached hydrogen (secondary N) is 3. The summed E-state index contributed by atoms with van der Waals surface area (Å²) in [5.41, 5.74) is 1.04. The number of alkyl halides is 5. The molecule has 0 aromatic carbocycles. The number of quaternary nitrogens is 1. The van der Waals surface area contributed by atoms with E-state index in [0.29, 0.717) is 31.9 Å². The normalized spacial score (nSPS) is 19.5. The monoisotopic (exact) mass is 521 g/mol. The van der Waals surface area contributed by atoms with Crippen molar-refractivity contribution < 1.29 is 51.1 Å². The molecule has 8 nitrogen and oxygen atoms in total. The third-order valence-corrected chi connectivity index (χ3v) is 6.86. The molecule has 2 aliphatic rings. The number of pyridine rings is 1. The van der Waals surface area contributed by atoms with Gasteiger partial charge < -0.3 is 25.2 Å². The molecule has 0 radical (unpaired) electrons. The van der Waals surface area contributed by atoms with Gasteiger partial charge in [0.05, 0.1) is 38.7 Å². The molecule has 2 fully saturated rings. The maximum atomic E-state index is 13.5. The van der Waals surface area contributed by atoms with E-state index in [1.165, 1.54) is 0 Å². The highest BCUT2D eigenvalue weighted by molar-refractivity contribution is 5.97. The number of carboxylic acid groups (broad SMARTS) is 1. The third-order valence-electron chi connectivity index (χ3n) is 6.86. The predicted octanol–water partition coefficient (Wildman–Crippen LogP) is 0.149. The number of halogens is 5. The van der Waals surface area contributed by atoms with Gasteiger partial charge in [-0.2, -0.15) is 17.6 Å². The number of aliphatic hydroxyl groups excluding tert-OH is 1. The summed E-state index contributed by atoms with van der Waals surface area (Å²) in [6, 6.07) is 5.65. The first kappa shape index (κ1) is 27.8. The van der Waals surface area contributed by atoms with Crippen molar-refractivity contribution in [2.75, 3.05) is 26.2 Å². The van der Waals surface area contributed by atoms with Crippen LogP contribution in [0.4, 0.5) is 22.0 Å². The zero-order valence-electron chi connectivity index (χ0n) is 19.6. The molecule has 0 atom stereocenters. The fourth-order valence-corrected chi connectivity index (χ4v) is 4.71. The van der Waals surface area contributed by atoms with Crippen molar-refractivity contribution in [3.63, 3.8) is 0 Å². The number of hydrogen-bond donors (Lipinski definition) is 4. The number of hydrogen-bond acceptors (Lipinski definition) is 4. The molecule has 1 amide bonds. The zero-order valence-corrected chi connectivity index (χ0v) is 19.6. The van der Waals surface area contributed by atoms with Crippen LogP contribution in [0.15, 0.2) is 24.4 Å². The van der Waals surface area contributed by atoms with E-state index in [9.17, 15) is 31.9 Å². The highest BCUT2D eigenvalue weighted by Gasteiger charge is 2.38. The highest BCUT2D eigenvalue weighted by atomic mass is 19.4. The van der Waals surface area contributed by atoms with E-state index >= 15 is 0 Å². The first-order chi connectivity index (χ1) is 16.9. The molecule has 4 N–H and O–H groups in total. The number of aliphatic hydroxyl groups is 1. The average Bonchev–Trinajstić information content (AvgIpc) is 3.44. The van der Waals surface area contributed by atoms with Gasteiger partial charge in [0.1, 0.15) is 5.97 Å². The molecule has 36 heavy (non-hydrogen) atoms. The van der Waals surface area contributed by atoms with Gasteiger partial charge in [0.25, 0.3) is 11.8 Å². The van der Waals surface area contributed by atoms with Crippen molar-refractivity contribution >= 4 is 17.4 Å². The first-order valence-corrected chi connectivity index (χ1v) is 11.8. The van der Waals surface area contributed by atoms with Crippen LogP contribution in [-0.2, 0) is 11.3 Å². The lowest BCUT2D eigenvalue weighted by atomic mass is 9.87. The molecule has 2 aromatic rings. The number of fused-ring (bicyclic) bond motifs is 1. The van der Waals surface area contributed by atoms with Gasteiger partial charge in [-0.1, -0.05) is 18.9 Å². The Morgan fingerprint density at radius 2 is 1.75 bits per heavy atom. The Morgan fingerprint density at radius 1 is 1.14 bits per heavy atom. The number of aliphatic carboxylic acids is 1. The number of carbonyl (C=O) groups is 2. The van der Waals surface area contributed by atoms with E-state index in [0.717, 1.165) is 41.9 Å². The number of imidazole rings is 1. The fourth-order valence-electron chi connectivity index (χ4n) is 4.71. The number of rotatable bonds is 6. The van der Waals surface area contributed by atoms with Crippen molar-refractivity contribution in [3.8, 4) is 0 Å². The molecule has 1 aliphatic carbocycles. The second-order valence-electron chi connectivity index (χ2n) is 9.52. The summed E-state index contributed by atoms with van der Waals surface area (Å²) >= 11 is 0. The van der Waals surface area contributed by atoms with Crippen LogP contribution in [0.3, 0.4) is 0 Å². The summed E-state index contributed by atoms with van der Waals surface area (Å²) in [7, 11) is 0. The van der Waals surface area contributed by atoms with Gasteiger partial charge in [0, 0.05) is 12.0 Å². The van der Waals surface area contributed by atoms with Crippen molar-refractivity contribution in [1.82, 2.24) is 10.3 Å². The average molecular weight is 522 g/mol. The summed E-state index contributed by atoms with van der Waals surface area (Å²) in [6.45, 7) is 1.95. The number of piperidine rings is 1. The van der Waals surface area contributed by atoms with Crippen molar-refractivity contribution in [2.24, 2.45) is 5.41 Å². The minimum Gasteiger partial charge on any atom is -0.542 e. The summed E-state index contributed by atoms with van der Waals surface area (Å²) in [5, 5.41) is 21.6. The standard InChI is InChI=1S/C21H28F2N4O2.C2HF3O2/c22-21(23)8-11-26(12-9-21)13-17-25-18(16-5-1-4-10-27(16)17)19(29)24-14-20(15-28)6-2-3-7-20;3-2(4,5)1(6)7/h1,4-5,10,28H,2-3,6-9,11-15H2,(H,24,29);(H,6,7)/p+1. The Balaban J connectivity index is 0.000000454. The molecule has 200 valence electrons. The lowest BCUT2D eigenvalue weighted by molar-refractivity contribution is -0.927. The minimum absolute atomic E-state index is 0.0850. The highest BCUT2D eigenvalue weighted by Crippen LogP contribution is 2.37. The Bertz CT molecular complexity index is 1060. The van der Waals surface area contributed by atoms with Crippen LogP contribution in [-0.4, -0.2) is 60.3 Å². The SMILES string of the molecule is O=C(NCC1(CO)CCCC1)c1[nH]c(C[NH+]2CCC(F)(F)CC2)[n+]2ccccc12.O=C([O-])C(F)(F)F. The van der Waals surface area contributed by atoms with Crippen molar-refractivity contribution in [1.29, 1.82) is 0 Å². The molecule has 4 rings (SSSR count). The summed E-state index contributed by atoms with van der Waals surface area (Å²) in [5.74, 6) is -4.92. The Hall–Kier alpha value is -2.80. The minimum atomic E-state index is -5.19. The maximum absolute atomic E-state index is 13.5. The van der Waals surface area contributed by atoms with Gasteiger partial charge in [-0.15, -0.1) is 0 Å². The van der Waals surface area contributed by atoms with E-state index in [2.05, 4.69) is 10.3 Å². The maximum Gasteiger partial charge on any atom is 0.430 e. The van der Waals surface area contributed by atoms with E-state index in [-0.39, 0.29) is 30.8 Å². The molecular weight excluding hydrogens is 491 g/mol. The van der Waals surface area contributed by atoms with Crippen molar-refractivity contribution in [3.05, 3.63) is 35.9 Å². The van der Waals surface area contributed by atoms with E-state index in [1.807, 2.05) is 28.8 Å². The Morgan fingerprint density at radius 3 is 2.31 bits per heavy atom. The molecule has 3 heterocycles. The van der Waals surface area contributed by atoms with Crippen LogP contribution in [0, 0.1) is 5.41 Å². The number of H-pyrrole nitrogens is 1. The van der Waals surface area contributed by atoms with Crippen LogP contribution in [0.25, 0.3) is 5.52 Å². The van der Waals surface area contributed by atoms with Gasteiger partial charge in [-0.3, -0.25) is 4.79 Å². The van der Waals surface area contributed by atoms with Crippen molar-refractivity contribution in [2.45, 2.75) is 57.2 Å². The fraction of sp³-hybridized carbons (Fsp3) is 0.609. The second-order valence-corrected chi connectivity index (χ2v) is 9.52. The van der Waals surface area contributed by atoms with Gasteiger partial charge in [-0.05, 0) is 25.0 Å². The summed E-state index contributed by atoms with van der Waals surface area (Å²) in [6.07, 6.45) is 0.530. The smallest absolute Gasteiger partial charge is 0.430 e. The number of carboxylic acids is 1. The van der Waals surface area contributed by atoms with Gasteiger partial charge in [0.15, 0.2) is 12.1 Å². The molecule has 0 bridgehead atoms. The van der Waals surface area contributed by atoms with Crippen LogP contribution in [0.2, 0.25) is 0 Å². The number of carbonyl (C=O) groups excluding carboxylic acids is 2. The molecular formula is C23H30F5N4O4+. The largest absolute Gasteiger partial charge is 0.542 e. The molecule has 1 aliphatic heterocycles. The predicted molar refractivity (Wildman–Crippen MR) is 114 cm³/mol. The van der Waals surface area contributed by atoms with E-state index in [4.69, 9.17) is 9.90 Å². The first-order valence-electron chi connectivity index (χ1n) is 11.8. The zero-order chi connectivity index (χ0) is 26.6. The molecule has 2 aromatic heterocycles. The topological polar surface area (TPSA) is 114 Å². The number of nitrogens with zero attached hydrogens (tertiary/aromatic N) is 1. The molecule has 1 saturated heterocycles. The Labute approximate surface area is 204 Å². The lowest BCUT2D eigenvalue weighted by Gasteiger charge is -2.27. The summed E-state index contributed by atoms with van der Waals surface area (Å²) < 4.78 is 60.4.